The van der Waals surface area contributed by atoms with Crippen LogP contribution in [0.15, 0.2) is 35.6 Å². The summed E-state index contributed by atoms with van der Waals surface area (Å²) in [6, 6.07) is 3.46. The summed E-state index contributed by atoms with van der Waals surface area (Å²) in [4.78, 5) is 11.8. The third-order valence-corrected chi connectivity index (χ3v) is 8.31. The molecule has 3 rings (SSSR count). The van der Waals surface area contributed by atoms with Gasteiger partial charge in [0, 0.05) is 11.3 Å². The summed E-state index contributed by atoms with van der Waals surface area (Å²) in [6.45, 7) is 5.37. The second-order valence-corrected chi connectivity index (χ2v) is 10.6. The predicted molar refractivity (Wildman–Crippen MR) is 111 cm³/mol. The fourth-order valence-electron chi connectivity index (χ4n) is 3.16. The highest BCUT2D eigenvalue weighted by Gasteiger charge is 2.57. The Bertz CT molecular complexity index is 1160. The summed E-state index contributed by atoms with van der Waals surface area (Å²) in [5, 5.41) is 0.0900. The first-order chi connectivity index (χ1) is 13.8. The SMILES string of the molecule is CC1=N[C@](C)(c2cc(/C=C(\F)c3cnc(Cl)cn3)ccc2F)C(F)S(=O)(=O)C1(C)C. The fraction of sp³-hybridized carbons (Fsp3) is 0.350. The molecule has 2 atom stereocenters. The van der Waals surface area contributed by atoms with Crippen molar-refractivity contribution in [3.63, 3.8) is 0 Å². The second-order valence-electron chi connectivity index (χ2n) is 7.67. The molecular weight excluding hydrogens is 439 g/mol. The summed E-state index contributed by atoms with van der Waals surface area (Å²) in [6.07, 6.45) is 3.34. The van der Waals surface area contributed by atoms with Crippen LogP contribution in [0.4, 0.5) is 13.2 Å². The normalized spacial score (nSPS) is 25.7. The molecule has 0 saturated heterocycles. The number of benzene rings is 1. The van der Waals surface area contributed by atoms with Crippen LogP contribution in [0.5, 0.6) is 0 Å². The molecule has 1 aliphatic rings. The maximum absolute atomic E-state index is 15.3. The Labute approximate surface area is 177 Å². The van der Waals surface area contributed by atoms with Crippen LogP contribution in [0.3, 0.4) is 0 Å². The Morgan fingerprint density at radius 2 is 1.87 bits per heavy atom. The quantitative estimate of drug-likeness (QED) is 0.656. The minimum absolute atomic E-state index is 0.0900. The Hall–Kier alpha value is -2.26. The monoisotopic (exact) mass is 457 g/mol. The van der Waals surface area contributed by atoms with Crippen molar-refractivity contribution in [3.8, 4) is 0 Å². The molecule has 0 saturated carbocycles. The van der Waals surface area contributed by atoms with Crippen LogP contribution in [0.25, 0.3) is 11.9 Å². The molecular formula is C20H19ClF3N3O2S. The van der Waals surface area contributed by atoms with E-state index in [1.165, 1.54) is 46.0 Å². The largest absolute Gasteiger partial charge is 0.277 e. The number of nitrogens with zero attached hydrogens (tertiary/aromatic N) is 3. The molecule has 30 heavy (non-hydrogen) atoms. The molecule has 0 spiro atoms. The minimum atomic E-state index is -4.33. The van der Waals surface area contributed by atoms with Gasteiger partial charge < -0.3 is 0 Å². The highest BCUT2D eigenvalue weighted by Crippen LogP contribution is 2.44. The molecule has 2 aromatic rings. The van der Waals surface area contributed by atoms with Crippen LogP contribution in [0, 0.1) is 5.82 Å². The van der Waals surface area contributed by atoms with Crippen LogP contribution < -0.4 is 0 Å². The van der Waals surface area contributed by atoms with E-state index in [1.807, 2.05) is 0 Å². The summed E-state index contributed by atoms with van der Waals surface area (Å²) >= 11 is 5.63. The number of rotatable bonds is 3. The average Bonchev–Trinajstić information content (AvgIpc) is 2.68. The third kappa shape index (κ3) is 3.54. The molecule has 1 aliphatic heterocycles. The van der Waals surface area contributed by atoms with E-state index >= 15 is 4.39 Å². The number of hydrogen-bond donors (Lipinski definition) is 0. The Kier molecular flexibility index (Phi) is 5.57. The molecule has 160 valence electrons. The number of halogens is 4. The Morgan fingerprint density at radius 3 is 2.47 bits per heavy atom. The first kappa shape index (κ1) is 22.4. The van der Waals surface area contributed by atoms with Crippen molar-refractivity contribution in [3.05, 3.63) is 58.4 Å². The van der Waals surface area contributed by atoms with Gasteiger partial charge in [0.2, 0.25) is 5.50 Å². The van der Waals surface area contributed by atoms with Gasteiger partial charge in [-0.25, -0.2) is 31.6 Å². The van der Waals surface area contributed by atoms with Crippen molar-refractivity contribution in [1.82, 2.24) is 9.97 Å². The molecule has 1 aromatic heterocycles. The molecule has 1 aromatic carbocycles. The van der Waals surface area contributed by atoms with Crippen molar-refractivity contribution >= 4 is 39.1 Å². The van der Waals surface area contributed by atoms with Gasteiger partial charge in [0.1, 0.15) is 27.0 Å². The first-order valence-corrected chi connectivity index (χ1v) is 10.8. The lowest BCUT2D eigenvalue weighted by molar-refractivity contribution is 0.267. The van der Waals surface area contributed by atoms with Crippen molar-refractivity contribution in [2.24, 2.45) is 4.99 Å². The van der Waals surface area contributed by atoms with Crippen LogP contribution in [0.1, 0.15) is 44.5 Å². The number of aliphatic imine (C=N–C) groups is 1. The lowest BCUT2D eigenvalue weighted by Crippen LogP contribution is -2.55. The summed E-state index contributed by atoms with van der Waals surface area (Å²) in [5.74, 6) is -1.63. The van der Waals surface area contributed by atoms with Crippen LogP contribution >= 0.6 is 11.6 Å². The van der Waals surface area contributed by atoms with Gasteiger partial charge in [0.05, 0.1) is 12.4 Å². The zero-order valence-corrected chi connectivity index (χ0v) is 18.2. The first-order valence-electron chi connectivity index (χ1n) is 8.90. The maximum atomic E-state index is 15.3. The molecule has 1 unspecified atom stereocenters. The van der Waals surface area contributed by atoms with Gasteiger partial charge in [-0.2, -0.15) is 0 Å². The highest BCUT2D eigenvalue weighted by atomic mass is 35.5. The molecule has 0 N–H and O–H groups in total. The molecule has 0 radical (unpaired) electrons. The van der Waals surface area contributed by atoms with Crippen molar-refractivity contribution in [2.75, 3.05) is 0 Å². The van der Waals surface area contributed by atoms with Gasteiger partial charge >= 0.3 is 0 Å². The van der Waals surface area contributed by atoms with Gasteiger partial charge in [-0.05, 0) is 51.5 Å². The number of aromatic nitrogens is 2. The molecule has 2 heterocycles. The zero-order valence-electron chi connectivity index (χ0n) is 16.6. The van der Waals surface area contributed by atoms with Crippen molar-refractivity contribution in [1.29, 1.82) is 0 Å². The molecule has 0 amide bonds. The standard InChI is InChI=1S/C20H19ClF3N3O2S/c1-11-19(2,3)30(28,29)18(24)20(4,27-11)13-7-12(5-6-14(13)22)8-15(23)16-9-26-17(21)10-25-16/h5-10,18H,1-4H3/b15-8-/t18?,20-/m1/s1. The van der Waals surface area contributed by atoms with E-state index in [0.29, 0.717) is 0 Å². The average molecular weight is 458 g/mol. The van der Waals surface area contributed by atoms with E-state index in [0.717, 1.165) is 18.3 Å². The van der Waals surface area contributed by atoms with Crippen molar-refractivity contribution < 1.29 is 21.6 Å². The molecule has 0 bridgehead atoms. The molecule has 10 heteroatoms. The smallest absolute Gasteiger partial charge is 0.230 e. The van der Waals surface area contributed by atoms with Crippen LogP contribution in [-0.2, 0) is 15.4 Å². The van der Waals surface area contributed by atoms with Crippen LogP contribution in [0.2, 0.25) is 5.15 Å². The minimum Gasteiger partial charge on any atom is -0.277 e. The van der Waals surface area contributed by atoms with Crippen molar-refractivity contribution in [2.45, 2.75) is 43.5 Å². The van der Waals surface area contributed by atoms with E-state index in [4.69, 9.17) is 11.6 Å². The molecule has 0 aliphatic carbocycles. The zero-order chi connectivity index (χ0) is 22.5. The van der Waals surface area contributed by atoms with E-state index < -0.39 is 37.3 Å². The van der Waals surface area contributed by atoms with Gasteiger partial charge in [0.15, 0.2) is 15.7 Å². The number of sulfone groups is 1. The van der Waals surface area contributed by atoms with Gasteiger partial charge in [-0.3, -0.25) is 4.99 Å². The van der Waals surface area contributed by atoms with E-state index in [1.54, 1.807) is 0 Å². The van der Waals surface area contributed by atoms with E-state index in [9.17, 15) is 17.2 Å². The summed E-state index contributed by atoms with van der Waals surface area (Å²) in [5.41, 5.74) is -4.58. The fourth-order valence-corrected chi connectivity index (χ4v) is 5.02. The topological polar surface area (TPSA) is 72.3 Å². The lowest BCUT2D eigenvalue weighted by atomic mass is 9.90. The Balaban J connectivity index is 2.13. The molecule has 5 nitrogen and oxygen atoms in total. The van der Waals surface area contributed by atoms with Gasteiger partial charge in [0.25, 0.3) is 0 Å². The second kappa shape index (κ2) is 7.46. The highest BCUT2D eigenvalue weighted by molar-refractivity contribution is 7.94. The number of hydrogen-bond acceptors (Lipinski definition) is 5. The third-order valence-electron chi connectivity index (χ3n) is 5.39. The van der Waals surface area contributed by atoms with Gasteiger partial charge in [-0.15, -0.1) is 0 Å². The van der Waals surface area contributed by atoms with E-state index in [2.05, 4.69) is 15.0 Å². The maximum Gasteiger partial charge on any atom is 0.230 e. The predicted octanol–water partition coefficient (Wildman–Crippen LogP) is 4.92. The van der Waals surface area contributed by atoms with Gasteiger partial charge in [-0.1, -0.05) is 17.7 Å². The molecule has 0 fully saturated rings. The van der Waals surface area contributed by atoms with Crippen LogP contribution in [-0.4, -0.2) is 34.3 Å². The summed E-state index contributed by atoms with van der Waals surface area (Å²) in [7, 11) is -4.33. The Morgan fingerprint density at radius 1 is 1.20 bits per heavy atom. The van der Waals surface area contributed by atoms with E-state index in [-0.39, 0.29) is 27.7 Å². The number of alkyl halides is 1. The lowest BCUT2D eigenvalue weighted by Gasteiger charge is -2.41. The summed E-state index contributed by atoms with van der Waals surface area (Å²) < 4.78 is 68.4.